The van der Waals surface area contributed by atoms with Crippen LogP contribution in [0.4, 0.5) is 0 Å². The van der Waals surface area contributed by atoms with E-state index < -0.39 is 7.82 Å². The minimum absolute atomic E-state index is 0.0880. The van der Waals surface area contributed by atoms with Crippen molar-refractivity contribution in [3.05, 3.63) is 0 Å². The fourth-order valence-corrected chi connectivity index (χ4v) is 0. The summed E-state index contributed by atoms with van der Waals surface area (Å²) in [5, 5.41) is 9.30. The maximum Gasteiger partial charge on any atom is 0.466 e. The van der Waals surface area contributed by atoms with Gasteiger partial charge in [0.1, 0.15) is 0 Å². The second kappa shape index (κ2) is 6.35. The molecule has 0 aliphatic heterocycles. The van der Waals surface area contributed by atoms with E-state index in [0.717, 1.165) is 5.21 Å². The van der Waals surface area contributed by atoms with Crippen LogP contribution >= 0.6 is 7.82 Å². The minimum atomic E-state index is -4.64. The summed E-state index contributed by atoms with van der Waals surface area (Å²) in [4.78, 5) is 21.6. The SMILES string of the molecule is CC(O)C[AsH2].O=P(O)(O)O. The maximum absolute atomic E-state index is 8.88. The Bertz CT molecular complexity index is 101. The van der Waals surface area contributed by atoms with Crippen LogP contribution in [-0.4, -0.2) is 42.7 Å². The van der Waals surface area contributed by atoms with E-state index in [1.54, 1.807) is 23.8 Å². The Morgan fingerprint density at radius 2 is 1.60 bits per heavy atom. The van der Waals surface area contributed by atoms with E-state index >= 15 is 0 Å². The molecule has 2 unspecified atom stereocenters. The van der Waals surface area contributed by atoms with E-state index in [4.69, 9.17) is 24.4 Å². The van der Waals surface area contributed by atoms with Crippen molar-refractivity contribution in [2.75, 3.05) is 0 Å². The van der Waals surface area contributed by atoms with Crippen molar-refractivity contribution < 1.29 is 24.4 Å². The minimum Gasteiger partial charge on any atom is -0.303 e. The third-order valence-corrected chi connectivity index (χ3v) is 1.77. The van der Waals surface area contributed by atoms with Crippen LogP contribution in [0.1, 0.15) is 6.92 Å². The molecule has 2 atom stereocenters. The summed E-state index contributed by atoms with van der Waals surface area (Å²) in [6, 6.07) is 0. The predicted molar refractivity (Wildman–Crippen MR) is 39.3 cm³/mol. The average Bonchev–Trinajstić information content (AvgIpc) is 1.61. The first-order valence-electron chi connectivity index (χ1n) is 2.43. The van der Waals surface area contributed by atoms with Crippen molar-refractivity contribution in [1.82, 2.24) is 0 Å². The summed E-state index contributed by atoms with van der Waals surface area (Å²) < 4.78 is 8.88. The molecule has 64 valence electrons. The fraction of sp³-hybridized carbons (Fsp3) is 1.00. The number of hydrogen-bond acceptors (Lipinski definition) is 2. The van der Waals surface area contributed by atoms with Gasteiger partial charge < -0.3 is 14.7 Å². The largest absolute Gasteiger partial charge is 0.466 e. The second-order valence-electron chi connectivity index (χ2n) is 1.60. The van der Waals surface area contributed by atoms with Crippen LogP contribution in [0.25, 0.3) is 0 Å². The first-order chi connectivity index (χ1) is 4.27. The van der Waals surface area contributed by atoms with E-state index in [2.05, 4.69) is 0 Å². The standard InChI is InChI=1S/C3H9AsO.H3O4P/c1-3(5)2-4;1-5(2,3)4/h3,5H,2,4H2,1H3;(H3,1,2,3,4). The molecule has 0 heterocycles. The second-order valence-corrected chi connectivity index (χ2v) is 3.61. The van der Waals surface area contributed by atoms with E-state index in [0.29, 0.717) is 0 Å². The molecular weight excluding hydrogens is 222 g/mol. The fourth-order valence-electron chi connectivity index (χ4n) is 0. The van der Waals surface area contributed by atoms with Crippen LogP contribution in [0.5, 0.6) is 0 Å². The topological polar surface area (TPSA) is 98.0 Å². The molecule has 0 amide bonds. The Hall–Kier alpha value is 0.628. The third kappa shape index (κ3) is 72.7. The Labute approximate surface area is 67.8 Å². The van der Waals surface area contributed by atoms with Crippen molar-refractivity contribution in [2.24, 2.45) is 0 Å². The van der Waals surface area contributed by atoms with Crippen molar-refractivity contribution >= 4 is 24.7 Å². The molecule has 0 aliphatic rings. The van der Waals surface area contributed by atoms with Crippen LogP contribution in [-0.2, 0) is 4.57 Å². The van der Waals surface area contributed by atoms with Crippen molar-refractivity contribution in [3.8, 4) is 0 Å². The molecule has 10 heavy (non-hydrogen) atoms. The molecule has 0 spiro atoms. The Morgan fingerprint density at radius 3 is 1.60 bits per heavy atom. The number of aliphatic hydroxyl groups excluding tert-OH is 1. The molecule has 0 bridgehead atoms. The number of hydrogen-bond donors (Lipinski definition) is 4. The molecule has 0 fully saturated rings. The molecule has 4 N–H and O–H groups in total. The van der Waals surface area contributed by atoms with Gasteiger partial charge in [-0.3, -0.25) is 0 Å². The van der Waals surface area contributed by atoms with Crippen LogP contribution in [0, 0.1) is 0 Å². The van der Waals surface area contributed by atoms with Crippen LogP contribution in [0.15, 0.2) is 0 Å². The van der Waals surface area contributed by atoms with E-state index in [1.165, 1.54) is 0 Å². The monoisotopic (exact) mass is 234 g/mol. The van der Waals surface area contributed by atoms with Crippen molar-refractivity contribution in [2.45, 2.75) is 18.2 Å². The number of phosphoric acid groups is 1. The molecule has 0 aromatic heterocycles. The van der Waals surface area contributed by atoms with Crippen LogP contribution in [0.2, 0.25) is 5.21 Å². The Kier molecular flexibility index (Phi) is 8.40. The van der Waals surface area contributed by atoms with E-state index in [-0.39, 0.29) is 6.10 Å². The zero-order chi connectivity index (χ0) is 8.78. The van der Waals surface area contributed by atoms with Crippen LogP contribution < -0.4 is 0 Å². The van der Waals surface area contributed by atoms with Crippen molar-refractivity contribution in [3.63, 3.8) is 0 Å². The molecule has 0 saturated carbocycles. The van der Waals surface area contributed by atoms with Crippen molar-refractivity contribution in [1.29, 1.82) is 0 Å². The van der Waals surface area contributed by atoms with Gasteiger partial charge in [-0.15, -0.1) is 0 Å². The normalized spacial score (nSPS) is 13.4. The third-order valence-electron chi connectivity index (χ3n) is 0.341. The van der Waals surface area contributed by atoms with Gasteiger partial charge in [0.25, 0.3) is 0 Å². The summed E-state index contributed by atoms with van der Waals surface area (Å²) >= 11 is 1.58. The van der Waals surface area contributed by atoms with Gasteiger partial charge >= 0.3 is 48.0 Å². The molecule has 7 heteroatoms. The molecule has 0 radical (unpaired) electrons. The Balaban J connectivity index is 0. The van der Waals surface area contributed by atoms with Gasteiger partial charge in [0, 0.05) is 0 Å². The van der Waals surface area contributed by atoms with Gasteiger partial charge in [-0.2, -0.15) is 0 Å². The zero-order valence-corrected chi connectivity index (χ0v) is 8.82. The van der Waals surface area contributed by atoms with Gasteiger partial charge in [-0.05, 0) is 0 Å². The van der Waals surface area contributed by atoms with Gasteiger partial charge in [-0.1, -0.05) is 0 Å². The van der Waals surface area contributed by atoms with Crippen LogP contribution in [0.3, 0.4) is 0 Å². The number of rotatable bonds is 1. The Morgan fingerprint density at radius 1 is 1.50 bits per heavy atom. The molecule has 0 aromatic rings. The van der Waals surface area contributed by atoms with Gasteiger partial charge in [0.15, 0.2) is 0 Å². The molecule has 0 rings (SSSR count). The first-order valence-corrected chi connectivity index (χ1v) is 5.71. The van der Waals surface area contributed by atoms with E-state index in [1.807, 2.05) is 0 Å². The molecule has 0 aliphatic carbocycles. The average molecular weight is 234 g/mol. The summed E-state index contributed by atoms with van der Waals surface area (Å²) in [5.74, 6) is 0. The molecular formula is C3H12AsO5P. The summed E-state index contributed by atoms with van der Waals surface area (Å²) in [7, 11) is -4.64. The maximum atomic E-state index is 8.88. The smallest absolute Gasteiger partial charge is 0.303 e. The van der Waals surface area contributed by atoms with Gasteiger partial charge in [0.2, 0.25) is 0 Å². The van der Waals surface area contributed by atoms with Gasteiger partial charge in [0.05, 0.1) is 0 Å². The quantitative estimate of drug-likeness (QED) is 0.326. The molecule has 0 saturated heterocycles. The number of aliphatic hydroxyl groups is 1. The molecule has 5 nitrogen and oxygen atoms in total. The summed E-state index contributed by atoms with van der Waals surface area (Å²) in [5.41, 5.74) is 0. The molecule has 0 aromatic carbocycles. The van der Waals surface area contributed by atoms with Gasteiger partial charge in [-0.25, -0.2) is 4.57 Å². The summed E-state index contributed by atoms with van der Waals surface area (Å²) in [6.07, 6.45) is -0.0880. The predicted octanol–water partition coefficient (Wildman–Crippen LogP) is -1.51. The summed E-state index contributed by atoms with van der Waals surface area (Å²) in [6.45, 7) is 1.79. The van der Waals surface area contributed by atoms with E-state index in [9.17, 15) is 0 Å². The zero-order valence-electron chi connectivity index (χ0n) is 5.51. The first kappa shape index (κ1) is 13.2.